The van der Waals surface area contributed by atoms with Crippen LogP contribution in [0.25, 0.3) is 22.2 Å². The summed E-state index contributed by atoms with van der Waals surface area (Å²) < 4.78 is 57.5. The number of carbonyl (C=O) groups is 2. The van der Waals surface area contributed by atoms with Gasteiger partial charge < -0.3 is 25.6 Å². The third-order valence-electron chi connectivity index (χ3n) is 9.85. The van der Waals surface area contributed by atoms with Crippen LogP contribution in [0.2, 0.25) is 5.02 Å². The molecule has 1 unspecified atom stereocenters. The first-order chi connectivity index (χ1) is 22.8. The Morgan fingerprint density at radius 1 is 1.21 bits per heavy atom. The molecule has 48 heavy (non-hydrogen) atoms. The molecule has 0 radical (unpaired) electrons. The molecular weight excluding hydrogens is 651 g/mol. The Hall–Kier alpha value is -4.36. The number of nitrogens with zero attached hydrogens (tertiary/aromatic N) is 3. The predicted octanol–water partition coefficient (Wildman–Crippen LogP) is 5.15. The maximum absolute atomic E-state index is 15.4. The van der Waals surface area contributed by atoms with Gasteiger partial charge in [-0.3, -0.25) is 9.59 Å². The van der Waals surface area contributed by atoms with E-state index in [4.69, 9.17) is 26.8 Å². The van der Waals surface area contributed by atoms with Crippen LogP contribution in [0.1, 0.15) is 67.1 Å². The largest absolute Gasteiger partial charge is 0.489 e. The number of carbonyl (C=O) groups excluding carboxylic acids is 2. The van der Waals surface area contributed by atoms with E-state index in [2.05, 4.69) is 15.4 Å². The number of primary amides is 1. The average Bonchev–Trinajstić information content (AvgIpc) is 4.00. The molecule has 4 N–H and O–H groups in total. The van der Waals surface area contributed by atoms with E-state index >= 15 is 4.39 Å². The van der Waals surface area contributed by atoms with Crippen LogP contribution in [-0.4, -0.2) is 50.9 Å². The van der Waals surface area contributed by atoms with Crippen molar-refractivity contribution in [2.75, 3.05) is 13.2 Å². The van der Waals surface area contributed by atoms with E-state index in [1.54, 1.807) is 25.3 Å². The maximum atomic E-state index is 15.4. The van der Waals surface area contributed by atoms with E-state index in [1.807, 2.05) is 0 Å². The molecule has 0 bridgehead atoms. The van der Waals surface area contributed by atoms with Gasteiger partial charge in [0.1, 0.15) is 51.2 Å². The van der Waals surface area contributed by atoms with Gasteiger partial charge in [0.2, 0.25) is 11.7 Å². The van der Waals surface area contributed by atoms with Gasteiger partial charge in [0.25, 0.3) is 5.91 Å². The van der Waals surface area contributed by atoms with Crippen molar-refractivity contribution in [3.63, 3.8) is 0 Å². The summed E-state index contributed by atoms with van der Waals surface area (Å²) in [6, 6.07) is 6.79. The standard InChI is InChI=1S/C34H31ClF3N5O5/c1-32(31(39)45)15-47-29-21(32)12-24(41-28(29)20-6-7-22(36)25(35)26(20)37)34(46,18-2-3-18)14-40-30(44)16-10-17-13-43(33(38)8-9-33)42-27(17)23(11-16)48-19-4-5-19/h6-7,10-13,18-19,46H,2-5,8-9,14-15H2,1H3,(H2,39,45)(H,40,44)/t32-,34?/m0/s1. The van der Waals surface area contributed by atoms with E-state index in [0.29, 0.717) is 42.3 Å². The topological polar surface area (TPSA) is 142 Å². The van der Waals surface area contributed by atoms with Gasteiger partial charge in [-0.2, -0.15) is 5.10 Å². The van der Waals surface area contributed by atoms with Crippen LogP contribution in [0.4, 0.5) is 13.2 Å². The zero-order chi connectivity index (χ0) is 33.7. The van der Waals surface area contributed by atoms with Crippen LogP contribution in [0.3, 0.4) is 0 Å². The van der Waals surface area contributed by atoms with Gasteiger partial charge in [-0.05, 0) is 68.9 Å². The number of ether oxygens (including phenoxy) is 2. The van der Waals surface area contributed by atoms with Crippen LogP contribution in [-0.2, 0) is 21.6 Å². The molecule has 0 spiro atoms. The smallest absolute Gasteiger partial charge is 0.251 e. The third kappa shape index (κ3) is 4.97. The molecule has 250 valence electrons. The van der Waals surface area contributed by atoms with Crippen molar-refractivity contribution in [2.24, 2.45) is 11.7 Å². The number of alkyl halides is 1. The van der Waals surface area contributed by atoms with Crippen molar-refractivity contribution in [1.29, 1.82) is 0 Å². The number of amides is 2. The Balaban J connectivity index is 1.17. The highest BCUT2D eigenvalue weighted by atomic mass is 35.5. The fourth-order valence-corrected chi connectivity index (χ4v) is 6.41. The van der Waals surface area contributed by atoms with Gasteiger partial charge in [-0.1, -0.05) is 11.6 Å². The minimum atomic E-state index is -1.77. The average molecular weight is 682 g/mol. The molecule has 2 aromatic heterocycles. The number of aromatic nitrogens is 3. The van der Waals surface area contributed by atoms with Crippen LogP contribution >= 0.6 is 11.6 Å². The normalized spacial score (nSPS) is 22.1. The Kier molecular flexibility index (Phi) is 6.81. The fourth-order valence-electron chi connectivity index (χ4n) is 6.25. The summed E-state index contributed by atoms with van der Waals surface area (Å²) >= 11 is 5.91. The summed E-state index contributed by atoms with van der Waals surface area (Å²) in [5.74, 6) is -4.77. The Morgan fingerprint density at radius 2 is 1.96 bits per heavy atom. The van der Waals surface area contributed by atoms with Gasteiger partial charge in [0, 0.05) is 41.1 Å². The van der Waals surface area contributed by atoms with Gasteiger partial charge in [0.05, 0.1) is 18.3 Å². The van der Waals surface area contributed by atoms with Crippen molar-refractivity contribution < 1.29 is 37.3 Å². The van der Waals surface area contributed by atoms with E-state index in [1.165, 1.54) is 10.7 Å². The van der Waals surface area contributed by atoms with E-state index in [-0.39, 0.29) is 59.0 Å². The monoisotopic (exact) mass is 681 g/mol. The summed E-state index contributed by atoms with van der Waals surface area (Å²) in [6.07, 6.45) is 5.22. The number of hydrogen-bond acceptors (Lipinski definition) is 7. The third-order valence-corrected chi connectivity index (χ3v) is 10.2. The molecule has 3 heterocycles. The summed E-state index contributed by atoms with van der Waals surface area (Å²) in [7, 11) is 0. The highest BCUT2D eigenvalue weighted by Crippen LogP contribution is 2.51. The van der Waals surface area contributed by atoms with Crippen LogP contribution in [0.5, 0.6) is 11.5 Å². The minimum Gasteiger partial charge on any atom is -0.489 e. The lowest BCUT2D eigenvalue weighted by Gasteiger charge is -2.30. The Labute approximate surface area is 277 Å². The number of pyridine rings is 1. The molecular formula is C34H31ClF3N5O5. The molecule has 4 aliphatic rings. The van der Waals surface area contributed by atoms with Crippen LogP contribution in [0, 0.1) is 17.6 Å². The van der Waals surface area contributed by atoms with Gasteiger partial charge in [-0.15, -0.1) is 0 Å². The summed E-state index contributed by atoms with van der Waals surface area (Å²) in [6.45, 7) is 1.10. The molecule has 2 atom stereocenters. The second kappa shape index (κ2) is 10.6. The van der Waals surface area contributed by atoms with Crippen molar-refractivity contribution in [2.45, 2.75) is 68.4 Å². The summed E-state index contributed by atoms with van der Waals surface area (Å²) in [5.41, 5.74) is 3.35. The number of nitrogens with two attached hydrogens (primary N) is 1. The van der Waals surface area contributed by atoms with E-state index in [0.717, 1.165) is 25.0 Å². The molecule has 3 aliphatic carbocycles. The molecule has 2 aromatic carbocycles. The summed E-state index contributed by atoms with van der Waals surface area (Å²) in [5, 5.41) is 19.3. The second-order valence-corrected chi connectivity index (χ2v) is 13.9. The fraction of sp³-hybridized carbons (Fsp3) is 0.412. The van der Waals surface area contributed by atoms with Crippen molar-refractivity contribution in [3.8, 4) is 22.8 Å². The number of hydrogen-bond donors (Lipinski definition) is 3. The van der Waals surface area contributed by atoms with Gasteiger partial charge in [-0.25, -0.2) is 22.8 Å². The molecule has 14 heteroatoms. The number of nitrogens with one attached hydrogen (secondary N) is 1. The molecule has 10 nitrogen and oxygen atoms in total. The molecule has 0 saturated heterocycles. The lowest BCUT2D eigenvalue weighted by Crippen LogP contribution is -2.44. The number of rotatable bonds is 10. The predicted molar refractivity (Wildman–Crippen MR) is 167 cm³/mol. The molecule has 4 aromatic rings. The second-order valence-electron chi connectivity index (χ2n) is 13.5. The zero-order valence-corrected chi connectivity index (χ0v) is 26.5. The molecule has 1 aliphatic heterocycles. The highest BCUT2D eigenvalue weighted by Gasteiger charge is 2.50. The first kappa shape index (κ1) is 30.9. The van der Waals surface area contributed by atoms with Crippen LogP contribution < -0.4 is 20.5 Å². The molecule has 3 fully saturated rings. The van der Waals surface area contributed by atoms with Crippen LogP contribution in [0.15, 0.2) is 36.5 Å². The zero-order valence-electron chi connectivity index (χ0n) is 25.8. The van der Waals surface area contributed by atoms with E-state index in [9.17, 15) is 23.5 Å². The van der Waals surface area contributed by atoms with Crippen molar-refractivity contribution >= 4 is 34.3 Å². The number of halogens is 4. The van der Waals surface area contributed by atoms with E-state index < -0.39 is 45.3 Å². The van der Waals surface area contributed by atoms with Crippen molar-refractivity contribution in [3.05, 3.63) is 70.0 Å². The first-order valence-electron chi connectivity index (χ1n) is 15.8. The number of aliphatic hydroxyl groups is 1. The first-order valence-corrected chi connectivity index (χ1v) is 16.2. The van der Waals surface area contributed by atoms with Gasteiger partial charge in [0.15, 0.2) is 5.82 Å². The SMILES string of the molecule is C[C@]1(C(N)=O)COc2c1cc(C(O)(CNC(=O)c1cc(OC3CC3)c3nn(C4(F)CC4)cc3c1)C1CC1)nc2-c1ccc(F)c(Cl)c1F. The van der Waals surface area contributed by atoms with Crippen molar-refractivity contribution in [1.82, 2.24) is 20.1 Å². The quantitative estimate of drug-likeness (QED) is 0.197. The number of benzene rings is 2. The maximum Gasteiger partial charge on any atom is 0.251 e. The Morgan fingerprint density at radius 3 is 2.62 bits per heavy atom. The molecule has 3 saturated carbocycles. The molecule has 8 rings (SSSR count). The number of fused-ring (bicyclic) bond motifs is 2. The highest BCUT2D eigenvalue weighted by molar-refractivity contribution is 6.31. The lowest BCUT2D eigenvalue weighted by atomic mass is 9.81. The van der Waals surface area contributed by atoms with Gasteiger partial charge >= 0.3 is 0 Å². The molecule has 2 amide bonds. The lowest BCUT2D eigenvalue weighted by molar-refractivity contribution is -0.123. The minimum absolute atomic E-state index is 0.00662. The Bertz CT molecular complexity index is 2050. The summed E-state index contributed by atoms with van der Waals surface area (Å²) in [4.78, 5) is 30.9.